The highest BCUT2D eigenvalue weighted by Crippen LogP contribution is 2.29. The summed E-state index contributed by atoms with van der Waals surface area (Å²) in [5, 5.41) is 8.54. The van der Waals surface area contributed by atoms with Crippen LogP contribution in [0.4, 0.5) is 0 Å². The van der Waals surface area contributed by atoms with E-state index in [0.29, 0.717) is 17.6 Å². The van der Waals surface area contributed by atoms with Gasteiger partial charge in [-0.05, 0) is 6.42 Å². The quantitative estimate of drug-likeness (QED) is 0.441. The first-order valence-corrected chi connectivity index (χ1v) is 10.4. The monoisotopic (exact) mass is 358 g/mol. The lowest BCUT2D eigenvalue weighted by Gasteiger charge is -2.23. The van der Waals surface area contributed by atoms with Crippen molar-refractivity contribution in [1.82, 2.24) is 0 Å². The van der Waals surface area contributed by atoms with E-state index in [2.05, 4.69) is 0 Å². The van der Waals surface area contributed by atoms with E-state index >= 15 is 0 Å². The predicted molar refractivity (Wildman–Crippen MR) is 80.8 cm³/mol. The fraction of sp³-hybridized carbons (Fsp3) is 0.917. The molecule has 130 valence electrons. The number of likely N-dealkylation sites (tertiary alicyclic amines) is 1. The van der Waals surface area contributed by atoms with Crippen LogP contribution in [0.15, 0.2) is 0 Å². The van der Waals surface area contributed by atoms with Crippen molar-refractivity contribution in [2.75, 3.05) is 44.4 Å². The van der Waals surface area contributed by atoms with Crippen LogP contribution in [0, 0.1) is 11.8 Å². The van der Waals surface area contributed by atoms with Crippen LogP contribution in [0.2, 0.25) is 0 Å². The summed E-state index contributed by atoms with van der Waals surface area (Å²) < 4.78 is 55.9. The molecule has 0 aromatic rings. The molecule has 0 amide bonds. The van der Waals surface area contributed by atoms with Crippen LogP contribution in [-0.2, 0) is 24.7 Å². The first-order chi connectivity index (χ1) is 9.80. The smallest absolute Gasteiger partial charge is 0.303 e. The molecule has 2 atom stereocenters. The van der Waals surface area contributed by atoms with E-state index in [1.165, 1.54) is 0 Å². The Morgan fingerprint density at radius 1 is 1.09 bits per heavy atom. The van der Waals surface area contributed by atoms with Crippen molar-refractivity contribution in [2.45, 2.75) is 12.8 Å². The molecular weight excluding hydrogens is 334 g/mol. The number of nitrogens with zero attached hydrogens (tertiary/aromatic N) is 1. The Morgan fingerprint density at radius 3 is 2.05 bits per heavy atom. The Balaban J connectivity index is 2.73. The fourth-order valence-electron chi connectivity index (χ4n) is 3.14. The Morgan fingerprint density at radius 2 is 1.59 bits per heavy atom. The number of sulfone groups is 1. The highest BCUT2D eigenvalue weighted by atomic mass is 32.2. The molecule has 2 unspecified atom stereocenters. The summed E-state index contributed by atoms with van der Waals surface area (Å²) in [6, 6.07) is 0. The molecule has 1 aliphatic rings. The SMILES string of the molecule is C[N+]1(C)CC(CS(=O)(=O)O)C(CS(=O)(=O)CCCC(=O)O)C1. The molecule has 0 aromatic carbocycles. The molecule has 0 saturated carbocycles. The van der Waals surface area contributed by atoms with E-state index in [9.17, 15) is 21.6 Å². The van der Waals surface area contributed by atoms with Crippen LogP contribution in [-0.4, -0.2) is 81.4 Å². The summed E-state index contributed by atoms with van der Waals surface area (Å²) in [5.74, 6) is -2.65. The molecule has 1 aliphatic heterocycles. The highest BCUT2D eigenvalue weighted by Gasteiger charge is 2.43. The van der Waals surface area contributed by atoms with Crippen molar-refractivity contribution in [3.05, 3.63) is 0 Å². The lowest BCUT2D eigenvalue weighted by atomic mass is 10.0. The summed E-state index contributed by atoms with van der Waals surface area (Å²) in [6.45, 7) is 0.994. The normalized spacial score (nSPS) is 25.2. The first-order valence-electron chi connectivity index (χ1n) is 6.99. The maximum absolute atomic E-state index is 12.1. The number of carboxylic acids is 1. The van der Waals surface area contributed by atoms with Crippen LogP contribution in [0.25, 0.3) is 0 Å². The van der Waals surface area contributed by atoms with Crippen LogP contribution >= 0.6 is 0 Å². The molecule has 0 spiro atoms. The van der Waals surface area contributed by atoms with Crippen LogP contribution in [0.3, 0.4) is 0 Å². The fourth-order valence-corrected chi connectivity index (χ4v) is 5.84. The molecule has 22 heavy (non-hydrogen) atoms. The molecule has 2 N–H and O–H groups in total. The van der Waals surface area contributed by atoms with Gasteiger partial charge in [-0.1, -0.05) is 0 Å². The highest BCUT2D eigenvalue weighted by molar-refractivity contribution is 7.91. The summed E-state index contributed by atoms with van der Waals surface area (Å²) in [7, 11) is -3.84. The van der Waals surface area contributed by atoms with Gasteiger partial charge in [-0.2, -0.15) is 8.42 Å². The average molecular weight is 358 g/mol. The molecule has 1 rings (SSSR count). The lowest BCUT2D eigenvalue weighted by Crippen LogP contribution is -2.37. The minimum atomic E-state index is -4.16. The second-order valence-corrected chi connectivity index (χ2v) is 10.4. The molecular formula is C12H24NO7S2+. The molecule has 1 heterocycles. The second kappa shape index (κ2) is 6.81. The first kappa shape index (κ1) is 19.3. The van der Waals surface area contributed by atoms with Gasteiger partial charge in [0.1, 0.15) is 0 Å². The van der Waals surface area contributed by atoms with Gasteiger partial charge < -0.3 is 9.59 Å². The zero-order valence-electron chi connectivity index (χ0n) is 12.8. The number of hydrogen-bond donors (Lipinski definition) is 2. The third kappa shape index (κ3) is 7.03. The molecule has 0 bridgehead atoms. The summed E-state index contributed by atoms with van der Waals surface area (Å²) in [4.78, 5) is 10.4. The largest absolute Gasteiger partial charge is 0.481 e. The van der Waals surface area contributed by atoms with Gasteiger partial charge in [0, 0.05) is 18.3 Å². The zero-order chi connectivity index (χ0) is 17.2. The van der Waals surface area contributed by atoms with Crippen molar-refractivity contribution in [1.29, 1.82) is 0 Å². The Hall–Kier alpha value is -0.710. The average Bonchev–Trinajstić information content (AvgIpc) is 2.48. The standard InChI is InChI=1S/C12H23NO7S2/c1-13(2)6-10(11(7-13)9-22(18,19)20)8-21(16,17)5-3-4-12(14)15/h10-11H,3-9H2,1-2H3,(H-,14,15,18,19,20)/p+1. The van der Waals surface area contributed by atoms with Gasteiger partial charge in [0.15, 0.2) is 9.84 Å². The zero-order valence-corrected chi connectivity index (χ0v) is 14.4. The van der Waals surface area contributed by atoms with Gasteiger partial charge in [0.25, 0.3) is 10.1 Å². The Kier molecular flexibility index (Phi) is 5.99. The Labute approximate surface area is 131 Å². The van der Waals surface area contributed by atoms with Gasteiger partial charge in [0.05, 0.1) is 44.4 Å². The van der Waals surface area contributed by atoms with Crippen LogP contribution in [0.1, 0.15) is 12.8 Å². The van der Waals surface area contributed by atoms with E-state index in [0.717, 1.165) is 0 Å². The van der Waals surface area contributed by atoms with E-state index in [-0.39, 0.29) is 30.3 Å². The van der Waals surface area contributed by atoms with E-state index in [1.807, 2.05) is 14.1 Å². The van der Waals surface area contributed by atoms with Gasteiger partial charge in [0.2, 0.25) is 0 Å². The maximum atomic E-state index is 12.1. The number of aliphatic carboxylic acids is 1. The minimum Gasteiger partial charge on any atom is -0.481 e. The molecule has 0 aromatic heterocycles. The Bertz CT molecular complexity index is 609. The van der Waals surface area contributed by atoms with Gasteiger partial charge >= 0.3 is 5.97 Å². The number of rotatable bonds is 8. The molecule has 8 nitrogen and oxygen atoms in total. The third-order valence-electron chi connectivity index (χ3n) is 3.86. The third-order valence-corrected chi connectivity index (χ3v) is 6.56. The van der Waals surface area contributed by atoms with Gasteiger partial charge in [-0.15, -0.1) is 0 Å². The number of carbonyl (C=O) groups is 1. The number of carboxylic acid groups (broad SMARTS) is 1. The minimum absolute atomic E-state index is 0.0472. The van der Waals surface area contributed by atoms with Crippen LogP contribution in [0.5, 0.6) is 0 Å². The topological polar surface area (TPSA) is 126 Å². The second-order valence-electron chi connectivity index (χ2n) is 6.68. The van der Waals surface area contributed by atoms with E-state index in [4.69, 9.17) is 9.66 Å². The van der Waals surface area contributed by atoms with Crippen molar-refractivity contribution in [2.24, 2.45) is 11.8 Å². The van der Waals surface area contributed by atoms with Crippen molar-refractivity contribution >= 4 is 25.9 Å². The van der Waals surface area contributed by atoms with Gasteiger partial charge in [-0.25, -0.2) is 8.42 Å². The maximum Gasteiger partial charge on any atom is 0.303 e. The molecule has 1 saturated heterocycles. The van der Waals surface area contributed by atoms with Gasteiger partial charge in [-0.3, -0.25) is 9.35 Å². The summed E-state index contributed by atoms with van der Waals surface area (Å²) >= 11 is 0. The molecule has 1 fully saturated rings. The predicted octanol–water partition coefficient (Wildman–Crippen LogP) is -0.524. The summed E-state index contributed by atoms with van der Waals surface area (Å²) in [6.07, 6.45) is -0.161. The number of quaternary nitrogens is 1. The van der Waals surface area contributed by atoms with Crippen molar-refractivity contribution in [3.63, 3.8) is 0 Å². The number of hydrogen-bond acceptors (Lipinski definition) is 5. The molecule has 0 aliphatic carbocycles. The van der Waals surface area contributed by atoms with E-state index in [1.54, 1.807) is 0 Å². The van der Waals surface area contributed by atoms with E-state index < -0.39 is 37.6 Å². The van der Waals surface area contributed by atoms with Crippen LogP contribution < -0.4 is 0 Å². The molecule has 10 heteroatoms. The summed E-state index contributed by atoms with van der Waals surface area (Å²) in [5.41, 5.74) is 0. The van der Waals surface area contributed by atoms with Crippen molar-refractivity contribution < 1.29 is 35.8 Å². The van der Waals surface area contributed by atoms with Crippen molar-refractivity contribution in [3.8, 4) is 0 Å². The lowest BCUT2D eigenvalue weighted by molar-refractivity contribution is -0.880. The molecule has 0 radical (unpaired) electrons.